The quantitative estimate of drug-likeness (QED) is 0.263. The lowest BCUT2D eigenvalue weighted by atomic mass is 10.2. The minimum Gasteiger partial charge on any atom is -0.283 e. The summed E-state index contributed by atoms with van der Waals surface area (Å²) in [5.74, 6) is 0.690. The molecule has 0 unspecified atom stereocenters. The predicted octanol–water partition coefficient (Wildman–Crippen LogP) is 4.71. The van der Waals surface area contributed by atoms with Crippen molar-refractivity contribution in [1.29, 1.82) is 0 Å². The molecule has 0 saturated heterocycles. The number of rotatable bonds is 6. The van der Waals surface area contributed by atoms with E-state index in [1.54, 1.807) is 35.0 Å². The Morgan fingerprint density at radius 3 is 2.71 bits per heavy atom. The van der Waals surface area contributed by atoms with Gasteiger partial charge in [0.2, 0.25) is 0 Å². The van der Waals surface area contributed by atoms with Gasteiger partial charge < -0.3 is 0 Å². The van der Waals surface area contributed by atoms with Crippen LogP contribution in [0.5, 0.6) is 0 Å². The Kier molecular flexibility index (Phi) is 5.32. The third-order valence-electron chi connectivity index (χ3n) is 4.27. The maximum absolute atomic E-state index is 12.8. The molecule has 0 radical (unpaired) electrons. The number of hydrogen-bond donors (Lipinski definition) is 0. The summed E-state index contributed by atoms with van der Waals surface area (Å²) < 4.78 is 3.46. The van der Waals surface area contributed by atoms with Crippen molar-refractivity contribution in [1.82, 2.24) is 19.3 Å². The number of halogens is 1. The molecule has 0 bridgehead atoms. The molecule has 4 rings (SSSR count). The van der Waals surface area contributed by atoms with Gasteiger partial charge in [0.1, 0.15) is 0 Å². The molecule has 28 heavy (non-hydrogen) atoms. The maximum atomic E-state index is 12.8. The van der Waals surface area contributed by atoms with Gasteiger partial charge in [0.15, 0.2) is 5.16 Å². The Bertz CT molecular complexity index is 1180. The molecule has 0 amide bonds. The van der Waals surface area contributed by atoms with Crippen LogP contribution in [0.4, 0.5) is 0 Å². The van der Waals surface area contributed by atoms with Crippen molar-refractivity contribution in [3.05, 3.63) is 94.5 Å². The monoisotopic (exact) mass is 408 g/mol. The minimum absolute atomic E-state index is 0.0851. The van der Waals surface area contributed by atoms with Crippen LogP contribution in [0, 0.1) is 0 Å². The van der Waals surface area contributed by atoms with Crippen LogP contribution in [-0.2, 0) is 12.3 Å². The summed E-state index contributed by atoms with van der Waals surface area (Å²) in [7, 11) is 0. The van der Waals surface area contributed by atoms with Crippen LogP contribution < -0.4 is 5.56 Å². The zero-order valence-corrected chi connectivity index (χ0v) is 16.5. The molecule has 2 aromatic heterocycles. The second-order valence-electron chi connectivity index (χ2n) is 6.17. The van der Waals surface area contributed by atoms with Gasteiger partial charge in [-0.05, 0) is 42.0 Å². The van der Waals surface area contributed by atoms with E-state index in [4.69, 9.17) is 11.6 Å². The van der Waals surface area contributed by atoms with Crippen LogP contribution >= 0.6 is 23.4 Å². The molecule has 140 valence electrons. The first-order chi connectivity index (χ1) is 13.7. The highest BCUT2D eigenvalue weighted by molar-refractivity contribution is 7.98. The summed E-state index contributed by atoms with van der Waals surface area (Å²) in [6, 6.07) is 15.2. The number of aromatic nitrogens is 4. The van der Waals surface area contributed by atoms with Crippen LogP contribution in [0.25, 0.3) is 16.6 Å². The zero-order chi connectivity index (χ0) is 19.5. The summed E-state index contributed by atoms with van der Waals surface area (Å²) >= 11 is 7.59. The fraction of sp³-hybridized carbons (Fsp3) is 0.0952. The second kappa shape index (κ2) is 8.04. The van der Waals surface area contributed by atoms with Crippen molar-refractivity contribution in [2.24, 2.45) is 0 Å². The molecule has 0 N–H and O–H groups in total. The molecule has 0 saturated carbocycles. The van der Waals surface area contributed by atoms with Crippen LogP contribution in [0.15, 0.2) is 83.5 Å². The average molecular weight is 409 g/mol. The number of hydrogen-bond acceptors (Lipinski definition) is 4. The number of allylic oxidation sites excluding steroid dienone is 1. The van der Waals surface area contributed by atoms with Crippen LogP contribution in [-0.4, -0.2) is 19.3 Å². The summed E-state index contributed by atoms with van der Waals surface area (Å²) in [5.41, 5.74) is 2.65. The highest BCUT2D eigenvalue weighted by Gasteiger charge is 2.11. The zero-order valence-electron chi connectivity index (χ0n) is 15.0. The van der Waals surface area contributed by atoms with Crippen molar-refractivity contribution >= 4 is 34.3 Å². The summed E-state index contributed by atoms with van der Waals surface area (Å²) in [6.07, 6.45) is 5.36. The first kappa shape index (κ1) is 18.5. The third-order valence-corrected chi connectivity index (χ3v) is 5.55. The first-order valence-corrected chi connectivity index (χ1v) is 10.0. The Labute approximate surface area is 171 Å². The normalized spacial score (nSPS) is 11.0. The van der Waals surface area contributed by atoms with Crippen molar-refractivity contribution < 1.29 is 0 Å². The number of thioether (sulfide) groups is 1. The molecule has 0 aliphatic carbocycles. The molecule has 0 fully saturated rings. The van der Waals surface area contributed by atoms with Crippen LogP contribution in [0.2, 0.25) is 5.02 Å². The van der Waals surface area contributed by atoms with E-state index in [1.807, 2.05) is 29.1 Å². The summed E-state index contributed by atoms with van der Waals surface area (Å²) in [4.78, 5) is 17.5. The largest absolute Gasteiger partial charge is 0.283 e. The van der Waals surface area contributed by atoms with Gasteiger partial charge >= 0.3 is 0 Å². The van der Waals surface area contributed by atoms with E-state index in [2.05, 4.69) is 28.8 Å². The molecule has 2 heterocycles. The standard InChI is InChI=1S/C21H17ClN4OS/c1-2-11-25-20(27)18-9-6-16(22)13-19(18)24-21(25)28-14-15-4-7-17(8-5-15)26-12-3-10-23-26/h2-10,12-13H,1,11,14H2. The average Bonchev–Trinajstić information content (AvgIpc) is 3.24. The van der Waals surface area contributed by atoms with Gasteiger partial charge in [-0.2, -0.15) is 5.10 Å². The Morgan fingerprint density at radius 2 is 2.00 bits per heavy atom. The molecule has 5 nitrogen and oxygen atoms in total. The van der Waals surface area contributed by atoms with E-state index >= 15 is 0 Å². The molecule has 0 aliphatic heterocycles. The smallest absolute Gasteiger partial charge is 0.262 e. The first-order valence-electron chi connectivity index (χ1n) is 8.68. The van der Waals surface area contributed by atoms with E-state index in [9.17, 15) is 4.79 Å². The van der Waals surface area contributed by atoms with Crippen molar-refractivity contribution in [2.45, 2.75) is 17.5 Å². The van der Waals surface area contributed by atoms with Crippen molar-refractivity contribution in [3.63, 3.8) is 0 Å². The Hall–Kier alpha value is -2.83. The highest BCUT2D eigenvalue weighted by Crippen LogP contribution is 2.24. The fourth-order valence-electron chi connectivity index (χ4n) is 2.89. The second-order valence-corrected chi connectivity index (χ2v) is 7.54. The van der Waals surface area contributed by atoms with E-state index in [-0.39, 0.29) is 5.56 Å². The predicted molar refractivity (Wildman–Crippen MR) is 114 cm³/mol. The molecular formula is C21H17ClN4OS. The van der Waals surface area contributed by atoms with E-state index in [0.717, 1.165) is 11.3 Å². The fourth-order valence-corrected chi connectivity index (χ4v) is 4.02. The number of benzene rings is 2. The maximum Gasteiger partial charge on any atom is 0.262 e. The van der Waals surface area contributed by atoms with Crippen molar-refractivity contribution in [2.75, 3.05) is 0 Å². The van der Waals surface area contributed by atoms with Gasteiger partial charge in [0.05, 0.1) is 16.6 Å². The number of nitrogens with zero attached hydrogens (tertiary/aromatic N) is 4. The molecular weight excluding hydrogens is 392 g/mol. The highest BCUT2D eigenvalue weighted by atomic mass is 35.5. The third kappa shape index (κ3) is 3.74. The molecule has 0 spiro atoms. The molecule has 0 aliphatic rings. The summed E-state index contributed by atoms with van der Waals surface area (Å²) in [6.45, 7) is 4.17. The summed E-state index contributed by atoms with van der Waals surface area (Å²) in [5, 5.41) is 6.00. The van der Waals surface area contributed by atoms with E-state index in [1.165, 1.54) is 11.8 Å². The lowest BCUT2D eigenvalue weighted by molar-refractivity contribution is 0.671. The van der Waals surface area contributed by atoms with Gasteiger partial charge in [-0.3, -0.25) is 9.36 Å². The van der Waals surface area contributed by atoms with Gasteiger partial charge in [0, 0.05) is 29.7 Å². The number of fused-ring (bicyclic) bond motifs is 1. The van der Waals surface area contributed by atoms with Crippen LogP contribution in [0.1, 0.15) is 5.56 Å². The van der Waals surface area contributed by atoms with Gasteiger partial charge in [-0.1, -0.05) is 41.6 Å². The molecule has 0 atom stereocenters. The Balaban J connectivity index is 1.62. The van der Waals surface area contributed by atoms with Crippen LogP contribution in [0.3, 0.4) is 0 Å². The van der Waals surface area contributed by atoms with Gasteiger partial charge in [-0.15, -0.1) is 6.58 Å². The van der Waals surface area contributed by atoms with Gasteiger partial charge in [0.25, 0.3) is 5.56 Å². The molecule has 4 aromatic rings. The lowest BCUT2D eigenvalue weighted by Gasteiger charge is -2.12. The van der Waals surface area contributed by atoms with E-state index in [0.29, 0.717) is 33.4 Å². The lowest BCUT2D eigenvalue weighted by Crippen LogP contribution is -2.22. The molecule has 7 heteroatoms. The van der Waals surface area contributed by atoms with E-state index < -0.39 is 0 Å². The minimum atomic E-state index is -0.0851. The Morgan fingerprint density at radius 1 is 1.18 bits per heavy atom. The van der Waals surface area contributed by atoms with Crippen molar-refractivity contribution in [3.8, 4) is 5.69 Å². The topological polar surface area (TPSA) is 52.7 Å². The van der Waals surface area contributed by atoms with Gasteiger partial charge in [-0.25, -0.2) is 9.67 Å². The molecule has 2 aromatic carbocycles. The SMILES string of the molecule is C=CCn1c(SCc2ccc(-n3cccn3)cc2)nc2cc(Cl)ccc2c1=O.